The molecule has 0 aliphatic carbocycles. The fourth-order valence-corrected chi connectivity index (χ4v) is 3.28. The molecule has 6 heteroatoms. The maximum absolute atomic E-state index is 5.45. The summed E-state index contributed by atoms with van der Waals surface area (Å²) in [5, 5.41) is 3.48. The van der Waals surface area contributed by atoms with Gasteiger partial charge in [-0.1, -0.05) is 30.3 Å². The Morgan fingerprint density at radius 2 is 1.96 bits per heavy atom. The van der Waals surface area contributed by atoms with Gasteiger partial charge >= 0.3 is 0 Å². The molecule has 3 rings (SSSR count). The van der Waals surface area contributed by atoms with Crippen LogP contribution in [0, 0.1) is 0 Å². The van der Waals surface area contributed by atoms with Crippen LogP contribution in [0.2, 0.25) is 0 Å². The summed E-state index contributed by atoms with van der Waals surface area (Å²) in [5.74, 6) is 1.01. The molecule has 0 bridgehead atoms. The number of guanidine groups is 1. The molecule has 2 aliphatic heterocycles. The summed E-state index contributed by atoms with van der Waals surface area (Å²) in [5.41, 5.74) is 1.28. The van der Waals surface area contributed by atoms with Gasteiger partial charge in [-0.05, 0) is 12.0 Å². The van der Waals surface area contributed by atoms with Crippen molar-refractivity contribution in [2.24, 2.45) is 4.99 Å². The van der Waals surface area contributed by atoms with E-state index in [9.17, 15) is 0 Å². The summed E-state index contributed by atoms with van der Waals surface area (Å²) in [7, 11) is 1.87. The summed E-state index contributed by atoms with van der Waals surface area (Å²) in [6.07, 6.45) is 1.21. The standard InChI is InChI=1S/C17H26N4O.HI/c1-18-17(19-13-15-5-3-2-4-6-15)21-8-7-16(14-21)20-9-11-22-12-10-20;/h2-6,16H,7-14H2,1H3,(H,18,19);1H. The minimum absolute atomic E-state index is 0. The van der Waals surface area contributed by atoms with Crippen molar-refractivity contribution >= 4 is 29.9 Å². The number of hydrogen-bond donors (Lipinski definition) is 1. The minimum Gasteiger partial charge on any atom is -0.379 e. The van der Waals surface area contributed by atoms with Crippen LogP contribution in [-0.4, -0.2) is 68.2 Å². The van der Waals surface area contributed by atoms with E-state index in [4.69, 9.17) is 4.74 Å². The predicted octanol–water partition coefficient (Wildman–Crippen LogP) is 1.79. The topological polar surface area (TPSA) is 40.1 Å². The largest absolute Gasteiger partial charge is 0.379 e. The Morgan fingerprint density at radius 3 is 2.65 bits per heavy atom. The first-order valence-electron chi connectivity index (χ1n) is 8.18. The van der Waals surface area contributed by atoms with Crippen LogP contribution in [0.4, 0.5) is 0 Å². The number of hydrogen-bond acceptors (Lipinski definition) is 3. The van der Waals surface area contributed by atoms with Crippen LogP contribution in [0.3, 0.4) is 0 Å². The molecule has 2 heterocycles. The second-order valence-corrected chi connectivity index (χ2v) is 5.92. The third kappa shape index (κ3) is 5.06. The van der Waals surface area contributed by atoms with Gasteiger partial charge in [0.2, 0.25) is 0 Å². The van der Waals surface area contributed by atoms with Crippen LogP contribution in [0.5, 0.6) is 0 Å². The molecule has 1 atom stereocenters. The Labute approximate surface area is 156 Å². The lowest BCUT2D eigenvalue weighted by molar-refractivity contribution is 0.0195. The van der Waals surface area contributed by atoms with E-state index in [1.54, 1.807) is 0 Å². The third-order valence-corrected chi connectivity index (χ3v) is 4.53. The SMILES string of the molecule is CN=C(NCc1ccccc1)N1CCC(N2CCOCC2)C1.I. The third-order valence-electron chi connectivity index (χ3n) is 4.53. The van der Waals surface area contributed by atoms with Crippen molar-refractivity contribution in [2.45, 2.75) is 19.0 Å². The zero-order chi connectivity index (χ0) is 15.2. The Bertz CT molecular complexity index is 491. The van der Waals surface area contributed by atoms with E-state index in [1.165, 1.54) is 12.0 Å². The second kappa shape index (κ2) is 9.44. The lowest BCUT2D eigenvalue weighted by Crippen LogP contribution is -2.46. The lowest BCUT2D eigenvalue weighted by atomic mass is 10.2. The molecule has 128 valence electrons. The normalized spacial score (nSPS) is 22.7. The van der Waals surface area contributed by atoms with Gasteiger partial charge < -0.3 is 15.0 Å². The van der Waals surface area contributed by atoms with E-state index < -0.39 is 0 Å². The molecular weight excluding hydrogens is 403 g/mol. The van der Waals surface area contributed by atoms with Gasteiger partial charge in [-0.15, -0.1) is 24.0 Å². The highest BCUT2D eigenvalue weighted by molar-refractivity contribution is 14.0. The summed E-state index contributed by atoms with van der Waals surface area (Å²) in [6, 6.07) is 11.1. The van der Waals surface area contributed by atoms with E-state index >= 15 is 0 Å². The average Bonchev–Trinajstić information content (AvgIpc) is 3.07. The van der Waals surface area contributed by atoms with Crippen molar-refractivity contribution in [1.29, 1.82) is 0 Å². The molecule has 1 unspecified atom stereocenters. The minimum atomic E-state index is 0. The summed E-state index contributed by atoms with van der Waals surface area (Å²) >= 11 is 0. The first kappa shape index (κ1) is 18.5. The molecule has 0 radical (unpaired) electrons. The molecular formula is C17H27IN4O. The van der Waals surface area contributed by atoms with Crippen molar-refractivity contribution in [3.63, 3.8) is 0 Å². The van der Waals surface area contributed by atoms with E-state index in [1.807, 2.05) is 13.1 Å². The zero-order valence-corrected chi connectivity index (χ0v) is 16.1. The molecule has 0 amide bonds. The number of benzene rings is 1. The summed E-state index contributed by atoms with van der Waals surface area (Å²) in [4.78, 5) is 9.39. The monoisotopic (exact) mass is 430 g/mol. The predicted molar refractivity (Wildman–Crippen MR) is 104 cm³/mol. The average molecular weight is 430 g/mol. The Morgan fingerprint density at radius 1 is 1.22 bits per heavy atom. The number of nitrogens with one attached hydrogen (secondary N) is 1. The van der Waals surface area contributed by atoms with E-state index in [0.717, 1.165) is 51.9 Å². The number of rotatable bonds is 3. The number of morpholine rings is 1. The lowest BCUT2D eigenvalue weighted by Gasteiger charge is -2.32. The Balaban J connectivity index is 0.00000192. The number of halogens is 1. The van der Waals surface area contributed by atoms with Gasteiger partial charge in [0.1, 0.15) is 0 Å². The molecule has 1 aromatic carbocycles. The van der Waals surface area contributed by atoms with Crippen molar-refractivity contribution in [2.75, 3.05) is 46.4 Å². The fourth-order valence-electron chi connectivity index (χ4n) is 3.28. The molecule has 0 aromatic heterocycles. The van der Waals surface area contributed by atoms with Gasteiger partial charge in [-0.2, -0.15) is 0 Å². The summed E-state index contributed by atoms with van der Waals surface area (Å²) in [6.45, 7) is 6.84. The van der Waals surface area contributed by atoms with Crippen molar-refractivity contribution in [3.05, 3.63) is 35.9 Å². The second-order valence-electron chi connectivity index (χ2n) is 5.92. The van der Waals surface area contributed by atoms with Gasteiger partial charge in [-0.25, -0.2) is 0 Å². The smallest absolute Gasteiger partial charge is 0.193 e. The van der Waals surface area contributed by atoms with Crippen LogP contribution < -0.4 is 5.32 Å². The molecule has 1 N–H and O–H groups in total. The van der Waals surface area contributed by atoms with E-state index in [0.29, 0.717) is 6.04 Å². The molecule has 0 saturated carbocycles. The Kier molecular flexibility index (Phi) is 7.58. The number of nitrogens with zero attached hydrogens (tertiary/aromatic N) is 3. The summed E-state index contributed by atoms with van der Waals surface area (Å²) < 4.78 is 5.45. The number of likely N-dealkylation sites (tertiary alicyclic amines) is 1. The van der Waals surface area contributed by atoms with Crippen LogP contribution in [0.1, 0.15) is 12.0 Å². The van der Waals surface area contributed by atoms with Crippen LogP contribution >= 0.6 is 24.0 Å². The molecule has 2 saturated heterocycles. The van der Waals surface area contributed by atoms with E-state index in [2.05, 4.69) is 44.4 Å². The molecule has 1 aromatic rings. The van der Waals surface area contributed by atoms with Gasteiger partial charge in [0.25, 0.3) is 0 Å². The number of ether oxygens (including phenoxy) is 1. The highest BCUT2D eigenvalue weighted by atomic mass is 127. The van der Waals surface area contributed by atoms with Crippen molar-refractivity contribution in [3.8, 4) is 0 Å². The Hall–Kier alpha value is -0.860. The maximum atomic E-state index is 5.45. The van der Waals surface area contributed by atoms with Gasteiger partial charge in [0, 0.05) is 45.8 Å². The van der Waals surface area contributed by atoms with Gasteiger partial charge in [-0.3, -0.25) is 9.89 Å². The first-order valence-corrected chi connectivity index (χ1v) is 8.18. The van der Waals surface area contributed by atoms with Crippen LogP contribution in [0.15, 0.2) is 35.3 Å². The quantitative estimate of drug-likeness (QED) is 0.451. The van der Waals surface area contributed by atoms with Gasteiger partial charge in [0.05, 0.1) is 13.2 Å². The first-order chi connectivity index (χ1) is 10.9. The van der Waals surface area contributed by atoms with Crippen molar-refractivity contribution in [1.82, 2.24) is 15.1 Å². The molecule has 2 fully saturated rings. The highest BCUT2D eigenvalue weighted by Crippen LogP contribution is 2.17. The van der Waals surface area contributed by atoms with Crippen LogP contribution in [0.25, 0.3) is 0 Å². The van der Waals surface area contributed by atoms with Crippen LogP contribution in [-0.2, 0) is 11.3 Å². The van der Waals surface area contributed by atoms with E-state index in [-0.39, 0.29) is 24.0 Å². The molecule has 2 aliphatic rings. The molecule has 5 nitrogen and oxygen atoms in total. The fraction of sp³-hybridized carbons (Fsp3) is 0.588. The highest BCUT2D eigenvalue weighted by Gasteiger charge is 2.30. The van der Waals surface area contributed by atoms with Gasteiger partial charge in [0.15, 0.2) is 5.96 Å². The van der Waals surface area contributed by atoms with Crippen molar-refractivity contribution < 1.29 is 4.74 Å². The zero-order valence-electron chi connectivity index (χ0n) is 13.8. The number of aliphatic imine (C=N–C) groups is 1. The maximum Gasteiger partial charge on any atom is 0.193 e. The molecule has 23 heavy (non-hydrogen) atoms. The molecule has 0 spiro atoms.